The first-order chi connectivity index (χ1) is 12.6. The van der Waals surface area contributed by atoms with Crippen molar-refractivity contribution in [2.45, 2.75) is 40.0 Å². The van der Waals surface area contributed by atoms with Gasteiger partial charge in [0.15, 0.2) is 0 Å². The van der Waals surface area contributed by atoms with Crippen molar-refractivity contribution < 1.29 is 9.59 Å². The molecule has 0 unspecified atom stereocenters. The van der Waals surface area contributed by atoms with Gasteiger partial charge in [-0.3, -0.25) is 9.59 Å². The van der Waals surface area contributed by atoms with E-state index in [0.29, 0.717) is 16.9 Å². The molecule has 0 fully saturated rings. The molecule has 0 aliphatic carbocycles. The summed E-state index contributed by atoms with van der Waals surface area (Å²) in [5, 5.41) is 14.5. The van der Waals surface area contributed by atoms with Crippen LogP contribution in [0.15, 0.2) is 48.5 Å². The van der Waals surface area contributed by atoms with Gasteiger partial charge < -0.3 is 10.6 Å². The van der Waals surface area contributed by atoms with E-state index in [9.17, 15) is 9.59 Å². The largest absolute Gasteiger partial charge is 0.325 e. The lowest BCUT2D eigenvalue weighted by molar-refractivity contribution is -0.135. The summed E-state index contributed by atoms with van der Waals surface area (Å²) in [6, 6.07) is 16.1. The molecule has 0 aliphatic heterocycles. The van der Waals surface area contributed by atoms with Gasteiger partial charge >= 0.3 is 0 Å². The Balaban J connectivity index is 2.17. The average molecular weight is 363 g/mol. The van der Waals surface area contributed by atoms with Crippen LogP contribution < -0.4 is 10.6 Å². The highest BCUT2D eigenvalue weighted by molar-refractivity contribution is 6.14. The highest BCUT2D eigenvalue weighted by Crippen LogP contribution is 2.30. The van der Waals surface area contributed by atoms with Crippen molar-refractivity contribution in [3.8, 4) is 6.07 Å². The summed E-state index contributed by atoms with van der Waals surface area (Å²) in [5.74, 6) is -0.803. The molecule has 2 N–H and O–H groups in total. The third-order valence-corrected chi connectivity index (χ3v) is 4.39. The molecule has 5 heteroatoms. The second kappa shape index (κ2) is 7.63. The van der Waals surface area contributed by atoms with Crippen LogP contribution in [0.3, 0.4) is 0 Å². The Hall–Kier alpha value is -3.13. The van der Waals surface area contributed by atoms with Crippen LogP contribution in [-0.4, -0.2) is 11.8 Å². The Bertz CT molecular complexity index is 885. The summed E-state index contributed by atoms with van der Waals surface area (Å²) in [4.78, 5) is 25.5. The Morgan fingerprint density at radius 1 is 0.852 bits per heavy atom. The maximum atomic E-state index is 12.8. The number of benzene rings is 2. The van der Waals surface area contributed by atoms with E-state index in [1.165, 1.54) is 0 Å². The molecule has 2 amide bonds. The van der Waals surface area contributed by atoms with Gasteiger partial charge in [0.05, 0.1) is 11.6 Å². The Morgan fingerprint density at radius 2 is 1.41 bits per heavy atom. The van der Waals surface area contributed by atoms with Crippen LogP contribution in [0.5, 0.6) is 0 Å². The van der Waals surface area contributed by atoms with Gasteiger partial charge in [0, 0.05) is 11.4 Å². The number of hydrogen-bond acceptors (Lipinski definition) is 3. The SMILES string of the molecule is CC(C)(C(=O)Nc1ccc(C#N)cc1)C(=O)Nc1ccccc1C(C)(C)C. The van der Waals surface area contributed by atoms with Crippen molar-refractivity contribution in [1.29, 1.82) is 5.26 Å². The van der Waals surface area contributed by atoms with Gasteiger partial charge in [0.25, 0.3) is 0 Å². The van der Waals surface area contributed by atoms with Crippen molar-refractivity contribution >= 4 is 23.2 Å². The summed E-state index contributed by atoms with van der Waals surface area (Å²) in [6.07, 6.45) is 0. The summed E-state index contributed by atoms with van der Waals surface area (Å²) >= 11 is 0. The van der Waals surface area contributed by atoms with Crippen LogP contribution in [0.25, 0.3) is 0 Å². The second-order valence-electron chi connectivity index (χ2n) is 8.02. The fraction of sp³-hybridized carbons (Fsp3) is 0.318. The second-order valence-corrected chi connectivity index (χ2v) is 8.02. The van der Waals surface area contributed by atoms with Crippen molar-refractivity contribution in [3.63, 3.8) is 0 Å². The standard InChI is InChI=1S/C22H25N3O2/c1-21(2,3)17-8-6-7-9-18(17)25-20(27)22(4,5)19(26)24-16-12-10-15(14-23)11-13-16/h6-13H,1-5H3,(H,24,26)(H,25,27). The van der Waals surface area contributed by atoms with Gasteiger partial charge in [-0.1, -0.05) is 39.0 Å². The number of rotatable bonds is 4. The van der Waals surface area contributed by atoms with E-state index in [1.807, 2.05) is 30.3 Å². The summed E-state index contributed by atoms with van der Waals surface area (Å²) in [6.45, 7) is 9.38. The number of carbonyl (C=O) groups is 2. The zero-order valence-corrected chi connectivity index (χ0v) is 16.4. The van der Waals surface area contributed by atoms with E-state index in [0.717, 1.165) is 5.56 Å². The quantitative estimate of drug-likeness (QED) is 0.787. The van der Waals surface area contributed by atoms with Crippen molar-refractivity contribution in [1.82, 2.24) is 0 Å². The molecule has 27 heavy (non-hydrogen) atoms. The lowest BCUT2D eigenvalue weighted by atomic mass is 9.85. The Labute approximate surface area is 160 Å². The van der Waals surface area contributed by atoms with Crippen molar-refractivity contribution in [2.24, 2.45) is 5.41 Å². The Kier molecular flexibility index (Phi) is 5.70. The van der Waals surface area contributed by atoms with Crippen LogP contribution >= 0.6 is 0 Å². The number of nitrogens with zero attached hydrogens (tertiary/aromatic N) is 1. The molecular formula is C22H25N3O2. The molecular weight excluding hydrogens is 338 g/mol. The predicted octanol–water partition coefficient (Wildman–Crippen LogP) is 4.46. The summed E-state index contributed by atoms with van der Waals surface area (Å²) < 4.78 is 0. The topological polar surface area (TPSA) is 82.0 Å². The van der Waals surface area contributed by atoms with Crippen LogP contribution in [0.2, 0.25) is 0 Å². The lowest BCUT2D eigenvalue weighted by Crippen LogP contribution is -2.42. The first-order valence-corrected chi connectivity index (χ1v) is 8.78. The molecule has 0 aliphatic rings. The van der Waals surface area contributed by atoms with Crippen LogP contribution in [0.1, 0.15) is 45.7 Å². The van der Waals surface area contributed by atoms with Crippen LogP contribution in [0.4, 0.5) is 11.4 Å². The van der Waals surface area contributed by atoms with Crippen molar-refractivity contribution in [2.75, 3.05) is 10.6 Å². The molecule has 0 radical (unpaired) electrons. The number of para-hydroxylation sites is 1. The van der Waals surface area contributed by atoms with Gasteiger partial charge in [0.2, 0.25) is 11.8 Å². The molecule has 0 aromatic heterocycles. The minimum absolute atomic E-state index is 0.140. The number of hydrogen-bond donors (Lipinski definition) is 2. The van der Waals surface area contributed by atoms with Gasteiger partial charge in [0.1, 0.15) is 5.41 Å². The van der Waals surface area contributed by atoms with Gasteiger partial charge in [-0.25, -0.2) is 0 Å². The molecule has 5 nitrogen and oxygen atoms in total. The molecule has 0 saturated heterocycles. The number of amides is 2. The maximum Gasteiger partial charge on any atom is 0.239 e. The smallest absolute Gasteiger partial charge is 0.239 e. The molecule has 2 aromatic carbocycles. The minimum Gasteiger partial charge on any atom is -0.325 e. The molecule has 0 bridgehead atoms. The third-order valence-electron chi connectivity index (χ3n) is 4.39. The molecule has 2 rings (SSSR count). The summed E-state index contributed by atoms with van der Waals surface area (Å²) in [7, 11) is 0. The van der Waals surface area contributed by atoms with Gasteiger partial charge in [-0.15, -0.1) is 0 Å². The minimum atomic E-state index is -1.28. The zero-order valence-electron chi connectivity index (χ0n) is 16.4. The third kappa shape index (κ3) is 4.73. The van der Waals surface area contributed by atoms with Gasteiger partial charge in [-0.2, -0.15) is 5.26 Å². The maximum absolute atomic E-state index is 12.8. The van der Waals surface area contributed by atoms with E-state index in [-0.39, 0.29) is 11.3 Å². The molecule has 0 saturated carbocycles. The van der Waals surface area contributed by atoms with E-state index >= 15 is 0 Å². The number of carbonyl (C=O) groups excluding carboxylic acids is 2. The van der Waals surface area contributed by atoms with Crippen LogP contribution in [-0.2, 0) is 15.0 Å². The monoisotopic (exact) mass is 363 g/mol. The molecule has 0 spiro atoms. The molecule has 140 valence electrons. The molecule has 2 aromatic rings. The average Bonchev–Trinajstić information content (AvgIpc) is 2.61. The molecule has 0 heterocycles. The summed E-state index contributed by atoms with van der Waals surface area (Å²) in [5.41, 5.74) is 1.33. The number of anilines is 2. The van der Waals surface area contributed by atoms with Crippen LogP contribution in [0, 0.1) is 16.7 Å². The van der Waals surface area contributed by atoms with E-state index in [1.54, 1.807) is 38.1 Å². The lowest BCUT2D eigenvalue weighted by Gasteiger charge is -2.26. The number of nitriles is 1. The predicted molar refractivity (Wildman–Crippen MR) is 107 cm³/mol. The highest BCUT2D eigenvalue weighted by atomic mass is 16.2. The Morgan fingerprint density at radius 3 is 1.96 bits per heavy atom. The van der Waals surface area contributed by atoms with E-state index in [2.05, 4.69) is 31.4 Å². The molecule has 0 atom stereocenters. The van der Waals surface area contributed by atoms with E-state index in [4.69, 9.17) is 5.26 Å². The fourth-order valence-electron chi connectivity index (χ4n) is 2.54. The first kappa shape index (κ1) is 20.2. The van der Waals surface area contributed by atoms with Gasteiger partial charge in [-0.05, 0) is 55.2 Å². The fourth-order valence-corrected chi connectivity index (χ4v) is 2.54. The zero-order chi connectivity index (χ0) is 20.2. The first-order valence-electron chi connectivity index (χ1n) is 8.78. The van der Waals surface area contributed by atoms with Crippen molar-refractivity contribution in [3.05, 3.63) is 59.7 Å². The normalized spacial score (nSPS) is 11.4. The number of nitrogens with one attached hydrogen (secondary N) is 2. The highest BCUT2D eigenvalue weighted by Gasteiger charge is 2.36. The van der Waals surface area contributed by atoms with E-state index < -0.39 is 11.3 Å².